The normalized spacial score (nSPS) is 20.8. The lowest BCUT2D eigenvalue weighted by Crippen LogP contribution is -2.46. The van der Waals surface area contributed by atoms with Gasteiger partial charge >= 0.3 is 5.97 Å². The SMILES string of the molecule is O=C(O)C1CCCCN1CCn1ccccc1=O. The molecule has 2 heterocycles. The van der Waals surface area contributed by atoms with E-state index in [1.807, 2.05) is 11.0 Å². The van der Waals surface area contributed by atoms with Crippen LogP contribution in [0.3, 0.4) is 0 Å². The average molecular weight is 250 g/mol. The highest BCUT2D eigenvalue weighted by Gasteiger charge is 2.27. The Morgan fingerprint density at radius 2 is 2.17 bits per heavy atom. The summed E-state index contributed by atoms with van der Waals surface area (Å²) in [5, 5.41) is 9.15. The Bertz CT molecular complexity index is 469. The highest BCUT2D eigenvalue weighted by atomic mass is 16.4. The van der Waals surface area contributed by atoms with Crippen LogP contribution in [-0.4, -0.2) is 39.7 Å². The number of rotatable bonds is 4. The second-order valence-electron chi connectivity index (χ2n) is 4.62. The summed E-state index contributed by atoms with van der Waals surface area (Å²) in [6, 6.07) is 4.65. The maximum absolute atomic E-state index is 11.5. The highest BCUT2D eigenvalue weighted by Crippen LogP contribution is 2.16. The van der Waals surface area contributed by atoms with Gasteiger partial charge in [-0.15, -0.1) is 0 Å². The molecule has 0 aliphatic carbocycles. The van der Waals surface area contributed by atoms with E-state index >= 15 is 0 Å². The summed E-state index contributed by atoms with van der Waals surface area (Å²) < 4.78 is 1.62. The first kappa shape index (κ1) is 12.8. The number of hydrogen-bond acceptors (Lipinski definition) is 3. The van der Waals surface area contributed by atoms with Crippen molar-refractivity contribution in [1.29, 1.82) is 0 Å². The van der Waals surface area contributed by atoms with E-state index in [-0.39, 0.29) is 5.56 Å². The Labute approximate surface area is 106 Å². The lowest BCUT2D eigenvalue weighted by atomic mass is 10.0. The monoisotopic (exact) mass is 250 g/mol. The molecule has 1 aliphatic rings. The van der Waals surface area contributed by atoms with Crippen molar-refractivity contribution in [2.75, 3.05) is 13.1 Å². The summed E-state index contributed by atoms with van der Waals surface area (Å²) in [5.74, 6) is -0.755. The molecule has 1 N–H and O–H groups in total. The van der Waals surface area contributed by atoms with Crippen molar-refractivity contribution in [3.8, 4) is 0 Å². The average Bonchev–Trinajstić information content (AvgIpc) is 2.38. The molecule has 5 nitrogen and oxygen atoms in total. The number of hydrogen-bond donors (Lipinski definition) is 1. The molecule has 1 fully saturated rings. The van der Waals surface area contributed by atoms with E-state index in [1.54, 1.807) is 16.8 Å². The molecule has 1 saturated heterocycles. The second-order valence-corrected chi connectivity index (χ2v) is 4.62. The van der Waals surface area contributed by atoms with Gasteiger partial charge in [-0.25, -0.2) is 0 Å². The molecule has 1 atom stereocenters. The number of aliphatic carboxylic acids is 1. The zero-order valence-corrected chi connectivity index (χ0v) is 10.3. The maximum Gasteiger partial charge on any atom is 0.320 e. The number of carboxylic acid groups (broad SMARTS) is 1. The van der Waals surface area contributed by atoms with Crippen molar-refractivity contribution >= 4 is 5.97 Å². The molecule has 5 heteroatoms. The Morgan fingerprint density at radius 3 is 2.89 bits per heavy atom. The van der Waals surface area contributed by atoms with Crippen LogP contribution in [0.5, 0.6) is 0 Å². The van der Waals surface area contributed by atoms with E-state index in [2.05, 4.69) is 0 Å². The first-order valence-electron chi connectivity index (χ1n) is 6.31. The number of carboxylic acids is 1. The van der Waals surface area contributed by atoms with Crippen molar-refractivity contribution < 1.29 is 9.90 Å². The summed E-state index contributed by atoms with van der Waals surface area (Å²) in [5.41, 5.74) is -0.0404. The van der Waals surface area contributed by atoms with Crippen molar-refractivity contribution in [3.63, 3.8) is 0 Å². The molecular formula is C13H18N2O3. The molecular weight excluding hydrogens is 232 g/mol. The molecule has 0 spiro atoms. The Balaban J connectivity index is 1.98. The van der Waals surface area contributed by atoms with E-state index in [9.17, 15) is 9.59 Å². The van der Waals surface area contributed by atoms with E-state index in [1.165, 1.54) is 6.07 Å². The molecule has 1 aliphatic heterocycles. The molecule has 0 saturated carbocycles. The standard InChI is InChI=1S/C13H18N2O3/c16-12-6-2-4-8-15(12)10-9-14-7-3-1-5-11(14)13(17)18/h2,4,6,8,11H,1,3,5,7,9-10H2,(H,17,18). The van der Waals surface area contributed by atoms with Gasteiger partial charge in [0.25, 0.3) is 5.56 Å². The van der Waals surface area contributed by atoms with Crippen LogP contribution in [-0.2, 0) is 11.3 Å². The van der Waals surface area contributed by atoms with Gasteiger partial charge in [-0.2, -0.15) is 0 Å². The molecule has 0 radical (unpaired) electrons. The molecule has 2 rings (SSSR count). The third kappa shape index (κ3) is 2.98. The number of carbonyl (C=O) groups is 1. The number of likely N-dealkylation sites (tertiary alicyclic amines) is 1. The fourth-order valence-electron chi connectivity index (χ4n) is 2.42. The molecule has 1 unspecified atom stereocenters. The zero-order chi connectivity index (χ0) is 13.0. The van der Waals surface area contributed by atoms with Crippen molar-refractivity contribution in [2.45, 2.75) is 31.8 Å². The fourth-order valence-corrected chi connectivity index (χ4v) is 2.42. The predicted molar refractivity (Wildman–Crippen MR) is 67.5 cm³/mol. The van der Waals surface area contributed by atoms with Gasteiger partial charge in [-0.05, 0) is 25.5 Å². The van der Waals surface area contributed by atoms with Crippen LogP contribution in [0.25, 0.3) is 0 Å². The number of nitrogens with zero attached hydrogens (tertiary/aromatic N) is 2. The van der Waals surface area contributed by atoms with Gasteiger partial charge in [0, 0.05) is 25.4 Å². The third-order valence-corrected chi connectivity index (χ3v) is 3.43. The van der Waals surface area contributed by atoms with Crippen LogP contribution in [0.15, 0.2) is 29.2 Å². The number of pyridine rings is 1. The van der Waals surface area contributed by atoms with E-state index in [0.717, 1.165) is 19.4 Å². The van der Waals surface area contributed by atoms with Gasteiger partial charge < -0.3 is 9.67 Å². The lowest BCUT2D eigenvalue weighted by molar-refractivity contribution is -0.144. The molecule has 0 amide bonds. The van der Waals surface area contributed by atoms with Crippen LogP contribution < -0.4 is 5.56 Å². The molecule has 98 valence electrons. The van der Waals surface area contributed by atoms with Crippen LogP contribution in [0.1, 0.15) is 19.3 Å². The quantitative estimate of drug-likeness (QED) is 0.858. The molecule has 18 heavy (non-hydrogen) atoms. The smallest absolute Gasteiger partial charge is 0.320 e. The van der Waals surface area contributed by atoms with Gasteiger partial charge in [0.2, 0.25) is 0 Å². The topological polar surface area (TPSA) is 62.5 Å². The van der Waals surface area contributed by atoms with Crippen LogP contribution in [0.4, 0.5) is 0 Å². The number of aromatic nitrogens is 1. The molecule has 0 bridgehead atoms. The van der Waals surface area contributed by atoms with Crippen LogP contribution in [0.2, 0.25) is 0 Å². The summed E-state index contributed by atoms with van der Waals surface area (Å²) in [4.78, 5) is 24.6. The minimum absolute atomic E-state index is 0.0404. The highest BCUT2D eigenvalue weighted by molar-refractivity contribution is 5.73. The van der Waals surface area contributed by atoms with Crippen LogP contribution >= 0.6 is 0 Å². The minimum Gasteiger partial charge on any atom is -0.480 e. The summed E-state index contributed by atoms with van der Waals surface area (Å²) in [6.07, 6.45) is 4.45. The second kappa shape index (κ2) is 5.82. The van der Waals surface area contributed by atoms with Crippen LogP contribution in [0, 0.1) is 0 Å². The van der Waals surface area contributed by atoms with Crippen molar-refractivity contribution in [3.05, 3.63) is 34.7 Å². The van der Waals surface area contributed by atoms with Crippen molar-refractivity contribution in [1.82, 2.24) is 9.47 Å². The van der Waals surface area contributed by atoms with Gasteiger partial charge in [-0.3, -0.25) is 14.5 Å². The first-order valence-corrected chi connectivity index (χ1v) is 6.31. The van der Waals surface area contributed by atoms with Gasteiger partial charge in [0.15, 0.2) is 0 Å². The Kier molecular flexibility index (Phi) is 4.15. The maximum atomic E-state index is 11.5. The third-order valence-electron chi connectivity index (χ3n) is 3.43. The summed E-state index contributed by atoms with van der Waals surface area (Å²) in [7, 11) is 0. The molecule has 1 aromatic heterocycles. The zero-order valence-electron chi connectivity index (χ0n) is 10.3. The lowest BCUT2D eigenvalue weighted by Gasteiger charge is -2.32. The van der Waals surface area contributed by atoms with Gasteiger partial charge in [0.1, 0.15) is 6.04 Å². The molecule has 0 aromatic carbocycles. The number of piperidine rings is 1. The van der Waals surface area contributed by atoms with Gasteiger partial charge in [0.05, 0.1) is 0 Å². The summed E-state index contributed by atoms with van der Waals surface area (Å²) in [6.45, 7) is 1.96. The molecule has 1 aromatic rings. The van der Waals surface area contributed by atoms with E-state index in [4.69, 9.17) is 5.11 Å². The first-order chi connectivity index (χ1) is 8.68. The summed E-state index contributed by atoms with van der Waals surface area (Å²) >= 11 is 0. The fraction of sp³-hybridized carbons (Fsp3) is 0.538. The van der Waals surface area contributed by atoms with Crippen molar-refractivity contribution in [2.24, 2.45) is 0 Å². The van der Waals surface area contributed by atoms with E-state index < -0.39 is 12.0 Å². The largest absolute Gasteiger partial charge is 0.480 e. The predicted octanol–water partition coefficient (Wildman–Crippen LogP) is 0.787. The Hall–Kier alpha value is -1.62. The van der Waals surface area contributed by atoms with E-state index in [0.29, 0.717) is 19.5 Å². The minimum atomic E-state index is -0.755. The van der Waals surface area contributed by atoms with Gasteiger partial charge in [-0.1, -0.05) is 12.5 Å². The Morgan fingerprint density at radius 1 is 1.33 bits per heavy atom.